The van der Waals surface area contributed by atoms with E-state index in [-0.39, 0.29) is 20.6 Å². The lowest BCUT2D eigenvalue weighted by molar-refractivity contribution is -0.119. The molecular weight excluding hydrogens is 653 g/mol. The quantitative estimate of drug-likeness (QED) is 0.141. The van der Waals surface area contributed by atoms with Crippen molar-refractivity contribution >= 4 is 67.0 Å². The number of ether oxygens (including phenoxy) is 2. The van der Waals surface area contributed by atoms with Gasteiger partial charge in [0.05, 0.1) is 38.4 Å². The van der Waals surface area contributed by atoms with Crippen molar-refractivity contribution in [2.24, 2.45) is 5.10 Å². The smallest absolute Gasteiger partial charge is 0.264 e. The molecule has 0 aliphatic carbocycles. The summed E-state index contributed by atoms with van der Waals surface area (Å²) in [6, 6.07) is 25.4. The number of halogens is 3. The van der Waals surface area contributed by atoms with Crippen molar-refractivity contribution in [3.8, 4) is 11.5 Å². The molecule has 0 saturated carbocycles. The van der Waals surface area contributed by atoms with Crippen LogP contribution >= 0.6 is 39.1 Å². The second-order valence-corrected chi connectivity index (χ2v) is 12.0. The average molecular weight is 677 g/mol. The summed E-state index contributed by atoms with van der Waals surface area (Å²) in [6.07, 6.45) is 1.40. The monoisotopic (exact) mass is 675 g/mol. The molecule has 1 N–H and O–H groups in total. The number of carbonyl (C=O) groups is 1. The first-order valence-corrected chi connectivity index (χ1v) is 15.1. The molecule has 1 amide bonds. The highest BCUT2D eigenvalue weighted by Gasteiger charge is 2.29. The molecule has 0 unspecified atom stereocenters. The normalized spacial score (nSPS) is 11.3. The lowest BCUT2D eigenvalue weighted by Crippen LogP contribution is -2.39. The van der Waals surface area contributed by atoms with Gasteiger partial charge in [0.2, 0.25) is 0 Å². The summed E-state index contributed by atoms with van der Waals surface area (Å²) in [5, 5.41) is 4.14. The standard InChI is InChI=1S/C29H24BrCl2N3O5S/c1-39-26-16-21(15-23(30)29(26)40-19-20-9-4-2-5-10-20)17-33-34-27(36)18-35(25-14-8-13-24(31)28(25)32)41(37,38)22-11-6-3-7-12-22/h2-17H,18-19H2,1H3,(H,34,36)/b33-17-. The highest BCUT2D eigenvalue weighted by Crippen LogP contribution is 2.37. The Morgan fingerprint density at radius 1 is 1.00 bits per heavy atom. The minimum Gasteiger partial charge on any atom is -0.493 e. The van der Waals surface area contributed by atoms with Gasteiger partial charge in [-0.15, -0.1) is 0 Å². The SMILES string of the molecule is COc1cc(/C=N\NC(=O)CN(c2cccc(Cl)c2Cl)S(=O)(=O)c2ccccc2)cc(Br)c1OCc1ccccc1. The fourth-order valence-electron chi connectivity index (χ4n) is 3.73. The highest BCUT2D eigenvalue weighted by molar-refractivity contribution is 9.10. The van der Waals surface area contributed by atoms with E-state index < -0.39 is 22.5 Å². The molecule has 0 aliphatic rings. The molecule has 0 bridgehead atoms. The Hall–Kier alpha value is -3.57. The number of anilines is 1. The number of hydrogen-bond donors (Lipinski definition) is 1. The summed E-state index contributed by atoms with van der Waals surface area (Å²) in [4.78, 5) is 12.9. The molecular formula is C29H24BrCl2N3O5S. The molecule has 0 radical (unpaired) electrons. The van der Waals surface area contributed by atoms with Crippen LogP contribution in [0.4, 0.5) is 5.69 Å². The van der Waals surface area contributed by atoms with Gasteiger partial charge in [-0.1, -0.05) is 77.8 Å². The van der Waals surface area contributed by atoms with E-state index in [0.717, 1.165) is 9.87 Å². The topological polar surface area (TPSA) is 97.3 Å². The Labute approximate surface area is 256 Å². The summed E-state index contributed by atoms with van der Waals surface area (Å²) < 4.78 is 39.9. The van der Waals surface area contributed by atoms with Gasteiger partial charge < -0.3 is 9.47 Å². The van der Waals surface area contributed by atoms with E-state index >= 15 is 0 Å². The van der Waals surface area contributed by atoms with Crippen LogP contribution in [0.2, 0.25) is 10.0 Å². The van der Waals surface area contributed by atoms with Gasteiger partial charge in [0.15, 0.2) is 11.5 Å². The van der Waals surface area contributed by atoms with Crippen molar-refractivity contribution in [3.63, 3.8) is 0 Å². The van der Waals surface area contributed by atoms with Crippen LogP contribution in [0, 0.1) is 0 Å². The van der Waals surface area contributed by atoms with Crippen molar-refractivity contribution < 1.29 is 22.7 Å². The molecule has 4 rings (SSSR count). The van der Waals surface area contributed by atoms with Crippen LogP contribution in [-0.2, 0) is 21.4 Å². The van der Waals surface area contributed by atoms with E-state index in [1.54, 1.807) is 36.4 Å². The Bertz CT molecular complexity index is 1660. The second kappa shape index (κ2) is 13.9. The van der Waals surface area contributed by atoms with Crippen LogP contribution in [0.25, 0.3) is 0 Å². The second-order valence-electron chi connectivity index (χ2n) is 8.50. The number of nitrogens with one attached hydrogen (secondary N) is 1. The van der Waals surface area contributed by atoms with Crippen LogP contribution in [0.5, 0.6) is 11.5 Å². The minimum atomic E-state index is -4.17. The van der Waals surface area contributed by atoms with Crippen LogP contribution in [0.3, 0.4) is 0 Å². The van der Waals surface area contributed by atoms with Gasteiger partial charge in [0, 0.05) is 0 Å². The first-order valence-electron chi connectivity index (χ1n) is 12.1. The van der Waals surface area contributed by atoms with Gasteiger partial charge >= 0.3 is 0 Å². The van der Waals surface area contributed by atoms with Crippen molar-refractivity contribution in [1.29, 1.82) is 0 Å². The Balaban J connectivity index is 1.51. The van der Waals surface area contributed by atoms with Gasteiger partial charge in [-0.05, 0) is 63.5 Å². The summed E-state index contributed by atoms with van der Waals surface area (Å²) in [5.74, 6) is 0.266. The highest BCUT2D eigenvalue weighted by atomic mass is 79.9. The third-order valence-electron chi connectivity index (χ3n) is 5.70. The predicted octanol–water partition coefficient (Wildman–Crippen LogP) is 6.69. The van der Waals surface area contributed by atoms with Crippen molar-refractivity contribution in [1.82, 2.24) is 5.43 Å². The molecule has 0 aromatic heterocycles. The molecule has 0 atom stereocenters. The lowest BCUT2D eigenvalue weighted by atomic mass is 10.2. The van der Waals surface area contributed by atoms with Crippen molar-refractivity contribution in [2.75, 3.05) is 18.0 Å². The van der Waals surface area contributed by atoms with Gasteiger partial charge in [-0.2, -0.15) is 5.10 Å². The zero-order valence-electron chi connectivity index (χ0n) is 21.6. The van der Waals surface area contributed by atoms with Gasteiger partial charge in [-0.3, -0.25) is 9.10 Å². The van der Waals surface area contributed by atoms with Crippen LogP contribution in [-0.4, -0.2) is 34.2 Å². The Morgan fingerprint density at radius 2 is 1.68 bits per heavy atom. The molecule has 4 aromatic carbocycles. The molecule has 4 aromatic rings. The van der Waals surface area contributed by atoms with Crippen LogP contribution < -0.4 is 19.2 Å². The minimum absolute atomic E-state index is 0.00325. The fraction of sp³-hybridized carbons (Fsp3) is 0.103. The summed E-state index contributed by atoms with van der Waals surface area (Å²) in [5.41, 5.74) is 4.01. The molecule has 0 heterocycles. The molecule has 8 nitrogen and oxygen atoms in total. The maximum absolute atomic E-state index is 13.5. The predicted molar refractivity (Wildman–Crippen MR) is 165 cm³/mol. The van der Waals surface area contributed by atoms with Crippen molar-refractivity contribution in [3.05, 3.63) is 117 Å². The fourth-order valence-corrected chi connectivity index (χ4v) is 6.21. The average Bonchev–Trinajstić information content (AvgIpc) is 2.97. The van der Waals surface area contributed by atoms with Gasteiger partial charge in [0.1, 0.15) is 13.2 Å². The van der Waals surface area contributed by atoms with E-state index in [1.165, 1.54) is 37.6 Å². The summed E-state index contributed by atoms with van der Waals surface area (Å²) >= 11 is 16.0. The number of rotatable bonds is 11. The zero-order valence-corrected chi connectivity index (χ0v) is 25.5. The maximum Gasteiger partial charge on any atom is 0.264 e. The first kappa shape index (κ1) is 30.4. The number of nitrogens with zero attached hydrogens (tertiary/aromatic N) is 2. The number of amides is 1. The van der Waals surface area contributed by atoms with Gasteiger partial charge in [-0.25, -0.2) is 13.8 Å². The third kappa shape index (κ3) is 7.59. The molecule has 41 heavy (non-hydrogen) atoms. The zero-order chi connectivity index (χ0) is 29.4. The third-order valence-corrected chi connectivity index (χ3v) is 8.87. The number of hydrazone groups is 1. The number of hydrogen-bond acceptors (Lipinski definition) is 6. The molecule has 0 fully saturated rings. The first-order chi connectivity index (χ1) is 19.7. The van der Waals surface area contributed by atoms with E-state index in [0.29, 0.717) is 28.1 Å². The number of benzene rings is 4. The van der Waals surface area contributed by atoms with E-state index in [4.69, 9.17) is 32.7 Å². The van der Waals surface area contributed by atoms with Crippen LogP contribution in [0.15, 0.2) is 105 Å². The number of methoxy groups -OCH3 is 1. The van der Waals surface area contributed by atoms with Gasteiger partial charge in [0.25, 0.3) is 15.9 Å². The molecule has 0 aliphatic heterocycles. The van der Waals surface area contributed by atoms with E-state index in [1.807, 2.05) is 30.3 Å². The largest absolute Gasteiger partial charge is 0.493 e. The molecule has 12 heteroatoms. The Morgan fingerprint density at radius 3 is 2.37 bits per heavy atom. The molecule has 0 saturated heterocycles. The number of sulfonamides is 1. The van der Waals surface area contributed by atoms with Crippen molar-refractivity contribution in [2.45, 2.75) is 11.5 Å². The van der Waals surface area contributed by atoms with E-state index in [2.05, 4.69) is 26.5 Å². The summed E-state index contributed by atoms with van der Waals surface area (Å²) in [7, 11) is -2.65. The lowest BCUT2D eigenvalue weighted by Gasteiger charge is -2.24. The summed E-state index contributed by atoms with van der Waals surface area (Å²) in [6.45, 7) is -0.258. The molecule has 0 spiro atoms. The Kier molecular flexibility index (Phi) is 10.3. The number of carbonyl (C=O) groups excluding carboxylic acids is 1. The van der Waals surface area contributed by atoms with E-state index in [9.17, 15) is 13.2 Å². The molecule has 212 valence electrons. The van der Waals surface area contributed by atoms with Crippen LogP contribution in [0.1, 0.15) is 11.1 Å². The maximum atomic E-state index is 13.5.